The maximum atomic E-state index is 12.9. The lowest BCUT2D eigenvalue weighted by atomic mass is 10.1. The van der Waals surface area contributed by atoms with Crippen LogP contribution in [-0.2, 0) is 0 Å². The molecule has 0 saturated carbocycles. The summed E-state index contributed by atoms with van der Waals surface area (Å²) in [6.45, 7) is 3.96. The fourth-order valence-electron chi connectivity index (χ4n) is 1.78. The Morgan fingerprint density at radius 2 is 1.90 bits per heavy atom. The fourth-order valence-corrected chi connectivity index (χ4v) is 1.96. The van der Waals surface area contributed by atoms with Gasteiger partial charge in [0.15, 0.2) is 0 Å². The summed E-state index contributed by atoms with van der Waals surface area (Å²) in [7, 11) is 0. The summed E-state index contributed by atoms with van der Waals surface area (Å²) >= 11 is 6.07. The molecule has 1 N–H and O–H groups in total. The number of nitrogens with zero attached hydrogens (tertiary/aromatic N) is 1. The lowest BCUT2D eigenvalue weighted by molar-refractivity contribution is 0.627. The van der Waals surface area contributed by atoms with Crippen LogP contribution in [0.3, 0.4) is 0 Å². The molecule has 0 radical (unpaired) electrons. The predicted octanol–water partition coefficient (Wildman–Crippen LogP) is 5.01. The molecule has 0 heterocycles. The van der Waals surface area contributed by atoms with E-state index in [1.807, 2.05) is 32.0 Å². The lowest BCUT2D eigenvalue weighted by Gasteiger charge is -2.07. The number of anilines is 1. The number of rotatable bonds is 4. The van der Waals surface area contributed by atoms with Gasteiger partial charge in [-0.05, 0) is 48.7 Å². The first-order valence-corrected chi connectivity index (χ1v) is 6.82. The Kier molecular flexibility index (Phi) is 4.74. The summed E-state index contributed by atoms with van der Waals surface area (Å²) in [5, 5.41) is 5.07. The predicted molar refractivity (Wildman–Crippen MR) is 83.0 cm³/mol. The molecular formula is C16H16ClFN2. The van der Waals surface area contributed by atoms with E-state index in [0.29, 0.717) is 5.02 Å². The minimum absolute atomic E-state index is 0.248. The molecule has 0 fully saturated rings. The average molecular weight is 291 g/mol. The van der Waals surface area contributed by atoms with Crippen LogP contribution in [0, 0.1) is 12.7 Å². The molecule has 0 aliphatic rings. The standard InChI is InChI=1S/C16H16ClFN2/c1-3-16(12-5-7-13(18)8-6-12)20-19-14-9-4-11(2)15(17)10-14/h4-10,19H,3H2,1-2H3/b20-16-. The second kappa shape index (κ2) is 6.53. The van der Waals surface area contributed by atoms with Gasteiger partial charge >= 0.3 is 0 Å². The van der Waals surface area contributed by atoms with E-state index in [-0.39, 0.29) is 5.82 Å². The van der Waals surface area contributed by atoms with Crippen LogP contribution in [-0.4, -0.2) is 5.71 Å². The van der Waals surface area contributed by atoms with Crippen molar-refractivity contribution in [3.05, 3.63) is 64.4 Å². The van der Waals surface area contributed by atoms with Crippen LogP contribution in [0.15, 0.2) is 47.6 Å². The number of benzene rings is 2. The Morgan fingerprint density at radius 3 is 2.50 bits per heavy atom. The smallest absolute Gasteiger partial charge is 0.123 e. The Hall–Kier alpha value is -1.87. The van der Waals surface area contributed by atoms with Gasteiger partial charge in [-0.2, -0.15) is 5.10 Å². The minimum Gasteiger partial charge on any atom is -0.278 e. The zero-order valence-electron chi connectivity index (χ0n) is 11.5. The molecule has 2 aromatic rings. The fraction of sp³-hybridized carbons (Fsp3) is 0.188. The third kappa shape index (κ3) is 3.58. The highest BCUT2D eigenvalue weighted by Gasteiger charge is 2.02. The second-order valence-electron chi connectivity index (χ2n) is 4.49. The lowest BCUT2D eigenvalue weighted by Crippen LogP contribution is -2.03. The van der Waals surface area contributed by atoms with Crippen molar-refractivity contribution in [1.29, 1.82) is 0 Å². The van der Waals surface area contributed by atoms with E-state index < -0.39 is 0 Å². The number of halogens is 2. The van der Waals surface area contributed by atoms with Crippen molar-refractivity contribution >= 4 is 23.0 Å². The van der Waals surface area contributed by atoms with Crippen molar-refractivity contribution in [1.82, 2.24) is 0 Å². The van der Waals surface area contributed by atoms with Crippen LogP contribution >= 0.6 is 11.6 Å². The normalized spacial score (nSPS) is 11.5. The molecule has 2 nitrogen and oxygen atoms in total. The van der Waals surface area contributed by atoms with Crippen LogP contribution < -0.4 is 5.43 Å². The SMILES string of the molecule is CC/C(=N/Nc1ccc(C)c(Cl)c1)c1ccc(F)cc1. The molecule has 0 unspecified atom stereocenters. The van der Waals surface area contributed by atoms with Crippen LogP contribution in [0.1, 0.15) is 24.5 Å². The molecular weight excluding hydrogens is 275 g/mol. The van der Waals surface area contributed by atoms with E-state index in [4.69, 9.17) is 11.6 Å². The molecule has 0 amide bonds. The van der Waals surface area contributed by atoms with Gasteiger partial charge in [0.25, 0.3) is 0 Å². The van der Waals surface area contributed by atoms with Crippen molar-refractivity contribution in [3.63, 3.8) is 0 Å². The van der Waals surface area contributed by atoms with E-state index in [1.165, 1.54) is 12.1 Å². The quantitative estimate of drug-likeness (QED) is 0.621. The molecule has 0 aromatic heterocycles. The highest BCUT2D eigenvalue weighted by molar-refractivity contribution is 6.31. The van der Waals surface area contributed by atoms with Crippen molar-refractivity contribution in [2.75, 3.05) is 5.43 Å². The van der Waals surface area contributed by atoms with Crippen LogP contribution in [0.25, 0.3) is 0 Å². The van der Waals surface area contributed by atoms with E-state index in [9.17, 15) is 4.39 Å². The largest absolute Gasteiger partial charge is 0.278 e. The Labute approximate surface area is 123 Å². The third-order valence-electron chi connectivity index (χ3n) is 3.00. The maximum absolute atomic E-state index is 12.9. The Bertz CT molecular complexity index is 621. The third-order valence-corrected chi connectivity index (χ3v) is 3.41. The monoisotopic (exact) mass is 290 g/mol. The number of hydrogen-bond donors (Lipinski definition) is 1. The van der Waals surface area contributed by atoms with Gasteiger partial charge < -0.3 is 0 Å². The van der Waals surface area contributed by atoms with Crippen LogP contribution in [0.2, 0.25) is 5.02 Å². The van der Waals surface area contributed by atoms with Gasteiger partial charge in [0.1, 0.15) is 5.82 Å². The second-order valence-corrected chi connectivity index (χ2v) is 4.90. The van der Waals surface area contributed by atoms with Gasteiger partial charge in [0.2, 0.25) is 0 Å². The number of aryl methyl sites for hydroxylation is 1. The zero-order valence-corrected chi connectivity index (χ0v) is 12.2. The van der Waals surface area contributed by atoms with Crippen LogP contribution in [0.4, 0.5) is 10.1 Å². The van der Waals surface area contributed by atoms with E-state index in [2.05, 4.69) is 10.5 Å². The molecule has 4 heteroatoms. The summed E-state index contributed by atoms with van der Waals surface area (Å²) in [6.07, 6.45) is 0.748. The van der Waals surface area contributed by atoms with Crippen molar-refractivity contribution in [2.45, 2.75) is 20.3 Å². The Balaban J connectivity index is 2.19. The van der Waals surface area contributed by atoms with Crippen molar-refractivity contribution < 1.29 is 4.39 Å². The van der Waals surface area contributed by atoms with Gasteiger partial charge in [0.05, 0.1) is 11.4 Å². The molecule has 0 aliphatic carbocycles. The van der Waals surface area contributed by atoms with Gasteiger partial charge in [-0.3, -0.25) is 5.43 Å². The molecule has 0 atom stereocenters. The zero-order chi connectivity index (χ0) is 14.5. The molecule has 0 spiro atoms. The summed E-state index contributed by atoms with van der Waals surface area (Å²) in [5.41, 5.74) is 6.60. The van der Waals surface area contributed by atoms with E-state index in [0.717, 1.165) is 28.9 Å². The van der Waals surface area contributed by atoms with Gasteiger partial charge in [-0.15, -0.1) is 0 Å². The van der Waals surface area contributed by atoms with Gasteiger partial charge in [0, 0.05) is 5.02 Å². The van der Waals surface area contributed by atoms with E-state index in [1.54, 1.807) is 12.1 Å². The first-order chi connectivity index (χ1) is 9.60. The summed E-state index contributed by atoms with van der Waals surface area (Å²) in [4.78, 5) is 0. The summed E-state index contributed by atoms with van der Waals surface area (Å²) < 4.78 is 12.9. The molecule has 20 heavy (non-hydrogen) atoms. The first-order valence-electron chi connectivity index (χ1n) is 6.45. The molecule has 0 saturated heterocycles. The van der Waals surface area contributed by atoms with E-state index >= 15 is 0 Å². The average Bonchev–Trinajstić information content (AvgIpc) is 2.45. The van der Waals surface area contributed by atoms with Crippen molar-refractivity contribution in [3.8, 4) is 0 Å². The number of hydrogen-bond acceptors (Lipinski definition) is 2. The highest BCUT2D eigenvalue weighted by atomic mass is 35.5. The number of hydrazone groups is 1. The summed E-state index contributed by atoms with van der Waals surface area (Å²) in [5.74, 6) is -0.248. The first kappa shape index (κ1) is 14.5. The van der Waals surface area contributed by atoms with Crippen molar-refractivity contribution in [2.24, 2.45) is 5.10 Å². The van der Waals surface area contributed by atoms with Gasteiger partial charge in [-0.25, -0.2) is 4.39 Å². The van der Waals surface area contributed by atoms with Gasteiger partial charge in [-0.1, -0.05) is 36.7 Å². The molecule has 104 valence electrons. The topological polar surface area (TPSA) is 24.4 Å². The number of nitrogens with one attached hydrogen (secondary N) is 1. The Morgan fingerprint density at radius 1 is 1.20 bits per heavy atom. The maximum Gasteiger partial charge on any atom is 0.123 e. The highest BCUT2D eigenvalue weighted by Crippen LogP contribution is 2.20. The summed E-state index contributed by atoms with van der Waals surface area (Å²) in [6, 6.07) is 12.0. The molecule has 2 rings (SSSR count). The van der Waals surface area contributed by atoms with Crippen LogP contribution in [0.5, 0.6) is 0 Å². The minimum atomic E-state index is -0.248. The molecule has 2 aromatic carbocycles. The molecule has 0 bridgehead atoms. The molecule has 0 aliphatic heterocycles.